The first-order valence-corrected chi connectivity index (χ1v) is 6.07. The number of nitrogens with two attached hydrogens (primary N) is 1. The third-order valence-electron chi connectivity index (χ3n) is 2.09. The van der Waals surface area contributed by atoms with E-state index in [4.69, 9.17) is 5.73 Å². The van der Waals surface area contributed by atoms with Crippen LogP contribution in [0.2, 0.25) is 0 Å². The van der Waals surface area contributed by atoms with Crippen molar-refractivity contribution in [3.8, 4) is 0 Å². The van der Waals surface area contributed by atoms with Gasteiger partial charge in [-0.2, -0.15) is 0 Å². The molecule has 1 rings (SSSR count). The highest BCUT2D eigenvalue weighted by molar-refractivity contribution is 9.10. The monoisotopic (exact) mass is 302 g/mol. The topological polar surface area (TPSA) is 55.1 Å². The molecule has 17 heavy (non-hydrogen) atoms. The summed E-state index contributed by atoms with van der Waals surface area (Å²) in [5.74, 6) is -0.459. The number of amides is 1. The molecule has 94 valence electrons. The van der Waals surface area contributed by atoms with Crippen molar-refractivity contribution in [3.63, 3.8) is 0 Å². The molecule has 0 saturated carbocycles. The summed E-state index contributed by atoms with van der Waals surface area (Å²) >= 11 is 3.08. The van der Waals surface area contributed by atoms with Gasteiger partial charge in [-0.1, -0.05) is 6.07 Å². The summed E-state index contributed by atoms with van der Waals surface area (Å²) in [4.78, 5) is 11.6. The first-order valence-electron chi connectivity index (χ1n) is 5.27. The largest absolute Gasteiger partial charge is 0.354 e. The summed E-state index contributed by atoms with van der Waals surface area (Å²) in [6.45, 7) is 4.08. The van der Waals surface area contributed by atoms with E-state index in [1.807, 2.05) is 13.8 Å². The zero-order valence-corrected chi connectivity index (χ0v) is 11.5. The van der Waals surface area contributed by atoms with Crippen LogP contribution in [0.3, 0.4) is 0 Å². The van der Waals surface area contributed by atoms with Crippen LogP contribution >= 0.6 is 15.9 Å². The zero-order valence-electron chi connectivity index (χ0n) is 9.89. The third-order valence-corrected chi connectivity index (χ3v) is 2.70. The standard InChI is InChI=1S/C12H16BrFN2O/c1-12(2,15)7-16-11(17)6-8-3-4-10(14)9(13)5-8/h3-5H,6-7,15H2,1-2H3,(H,16,17). The van der Waals surface area contributed by atoms with E-state index in [1.54, 1.807) is 12.1 Å². The van der Waals surface area contributed by atoms with Gasteiger partial charge in [-0.25, -0.2) is 4.39 Å². The van der Waals surface area contributed by atoms with Crippen molar-refractivity contribution in [1.82, 2.24) is 5.32 Å². The molecule has 0 aliphatic carbocycles. The summed E-state index contributed by atoms with van der Waals surface area (Å²) in [5, 5.41) is 2.73. The van der Waals surface area contributed by atoms with Crippen molar-refractivity contribution >= 4 is 21.8 Å². The lowest BCUT2D eigenvalue weighted by atomic mass is 10.1. The summed E-state index contributed by atoms with van der Waals surface area (Å²) < 4.78 is 13.3. The Morgan fingerprint density at radius 1 is 1.53 bits per heavy atom. The Kier molecular flexibility index (Phi) is 4.65. The molecule has 1 aromatic rings. The Hall–Kier alpha value is -0.940. The number of rotatable bonds is 4. The van der Waals surface area contributed by atoms with Crippen LogP contribution in [-0.4, -0.2) is 18.0 Å². The lowest BCUT2D eigenvalue weighted by Gasteiger charge is -2.18. The molecule has 0 radical (unpaired) electrons. The molecular formula is C12H16BrFN2O. The van der Waals surface area contributed by atoms with Gasteiger partial charge in [0.25, 0.3) is 0 Å². The number of halogens is 2. The fourth-order valence-electron chi connectivity index (χ4n) is 1.22. The molecule has 0 fully saturated rings. The maximum absolute atomic E-state index is 13.0. The van der Waals surface area contributed by atoms with Crippen molar-refractivity contribution < 1.29 is 9.18 Å². The minimum Gasteiger partial charge on any atom is -0.354 e. The molecule has 1 amide bonds. The molecular weight excluding hydrogens is 287 g/mol. The zero-order chi connectivity index (χ0) is 13.1. The average molecular weight is 303 g/mol. The Morgan fingerprint density at radius 3 is 2.71 bits per heavy atom. The van der Waals surface area contributed by atoms with E-state index in [9.17, 15) is 9.18 Å². The quantitative estimate of drug-likeness (QED) is 0.893. The number of carbonyl (C=O) groups is 1. The van der Waals surface area contributed by atoms with Crippen LogP contribution in [0, 0.1) is 5.82 Å². The first-order chi connectivity index (χ1) is 7.78. The van der Waals surface area contributed by atoms with Gasteiger partial charge in [0.15, 0.2) is 0 Å². The van der Waals surface area contributed by atoms with Crippen molar-refractivity contribution in [1.29, 1.82) is 0 Å². The van der Waals surface area contributed by atoms with Crippen molar-refractivity contribution in [2.45, 2.75) is 25.8 Å². The maximum atomic E-state index is 13.0. The molecule has 0 bridgehead atoms. The maximum Gasteiger partial charge on any atom is 0.224 e. The van der Waals surface area contributed by atoms with Gasteiger partial charge in [-0.15, -0.1) is 0 Å². The Balaban J connectivity index is 2.54. The van der Waals surface area contributed by atoms with Gasteiger partial charge >= 0.3 is 0 Å². The highest BCUT2D eigenvalue weighted by Gasteiger charge is 2.12. The second-order valence-electron chi connectivity index (χ2n) is 4.69. The van der Waals surface area contributed by atoms with Crippen LogP contribution in [0.4, 0.5) is 4.39 Å². The molecule has 3 N–H and O–H groups in total. The summed E-state index contributed by atoms with van der Waals surface area (Å²) in [5.41, 5.74) is 6.07. The van der Waals surface area contributed by atoms with E-state index in [0.717, 1.165) is 5.56 Å². The van der Waals surface area contributed by atoms with Gasteiger partial charge < -0.3 is 11.1 Å². The van der Waals surface area contributed by atoms with Gasteiger partial charge in [0.05, 0.1) is 10.9 Å². The van der Waals surface area contributed by atoms with Crippen molar-refractivity contribution in [2.24, 2.45) is 5.73 Å². The summed E-state index contributed by atoms with van der Waals surface area (Å²) in [6, 6.07) is 4.52. The summed E-state index contributed by atoms with van der Waals surface area (Å²) in [7, 11) is 0. The van der Waals surface area contributed by atoms with Crippen LogP contribution < -0.4 is 11.1 Å². The number of benzene rings is 1. The average Bonchev–Trinajstić information content (AvgIpc) is 2.20. The molecule has 3 nitrogen and oxygen atoms in total. The van der Waals surface area contributed by atoms with Gasteiger partial charge in [0.1, 0.15) is 5.82 Å². The van der Waals surface area contributed by atoms with Crippen LogP contribution in [0.15, 0.2) is 22.7 Å². The third kappa shape index (κ3) is 5.28. The normalized spacial score (nSPS) is 11.4. The molecule has 0 atom stereocenters. The lowest BCUT2D eigenvalue weighted by Crippen LogP contribution is -2.45. The van der Waals surface area contributed by atoms with Gasteiger partial charge in [-0.3, -0.25) is 4.79 Å². The molecule has 0 heterocycles. The lowest BCUT2D eigenvalue weighted by molar-refractivity contribution is -0.120. The van der Waals surface area contributed by atoms with Crippen molar-refractivity contribution in [3.05, 3.63) is 34.1 Å². The molecule has 0 spiro atoms. The number of nitrogens with one attached hydrogen (secondary N) is 1. The first kappa shape index (κ1) is 14.1. The smallest absolute Gasteiger partial charge is 0.224 e. The molecule has 0 unspecified atom stereocenters. The van der Waals surface area contributed by atoms with E-state index in [-0.39, 0.29) is 18.1 Å². The Labute approximate surface area is 109 Å². The number of carbonyl (C=O) groups excluding carboxylic acids is 1. The van der Waals surface area contributed by atoms with Crippen LogP contribution in [0.25, 0.3) is 0 Å². The predicted molar refractivity (Wildman–Crippen MR) is 69.1 cm³/mol. The van der Waals surface area contributed by atoms with E-state index in [1.165, 1.54) is 6.07 Å². The SMILES string of the molecule is CC(C)(N)CNC(=O)Cc1ccc(F)c(Br)c1. The minimum absolute atomic E-state index is 0.123. The highest BCUT2D eigenvalue weighted by atomic mass is 79.9. The predicted octanol–water partition coefficient (Wildman–Crippen LogP) is 1.98. The second kappa shape index (κ2) is 5.60. The second-order valence-corrected chi connectivity index (χ2v) is 5.54. The Morgan fingerprint density at radius 2 is 2.18 bits per heavy atom. The number of hydrogen-bond acceptors (Lipinski definition) is 2. The molecule has 0 aliphatic rings. The van der Waals surface area contributed by atoms with Gasteiger partial charge in [-0.05, 0) is 47.5 Å². The van der Waals surface area contributed by atoms with E-state index < -0.39 is 5.54 Å². The molecule has 0 saturated heterocycles. The van der Waals surface area contributed by atoms with E-state index in [2.05, 4.69) is 21.2 Å². The molecule has 5 heteroatoms. The van der Waals surface area contributed by atoms with E-state index >= 15 is 0 Å². The summed E-state index contributed by atoms with van der Waals surface area (Å²) in [6.07, 6.45) is 0.217. The minimum atomic E-state index is -0.432. The van der Waals surface area contributed by atoms with Crippen LogP contribution in [0.1, 0.15) is 19.4 Å². The van der Waals surface area contributed by atoms with Crippen LogP contribution in [-0.2, 0) is 11.2 Å². The molecule has 0 aliphatic heterocycles. The van der Waals surface area contributed by atoms with Crippen molar-refractivity contribution in [2.75, 3.05) is 6.54 Å². The number of hydrogen-bond donors (Lipinski definition) is 2. The molecule has 0 aromatic heterocycles. The van der Waals surface area contributed by atoms with Gasteiger partial charge in [0.2, 0.25) is 5.91 Å². The van der Waals surface area contributed by atoms with E-state index in [0.29, 0.717) is 11.0 Å². The fourth-order valence-corrected chi connectivity index (χ4v) is 1.65. The molecule has 1 aromatic carbocycles. The fraction of sp³-hybridized carbons (Fsp3) is 0.417. The van der Waals surface area contributed by atoms with Gasteiger partial charge in [0, 0.05) is 12.1 Å². The van der Waals surface area contributed by atoms with Crippen LogP contribution in [0.5, 0.6) is 0 Å². The highest BCUT2D eigenvalue weighted by Crippen LogP contribution is 2.17. The Bertz CT molecular complexity index is 415.